The average molecular weight is 455 g/mol. The maximum atomic E-state index is 14.3. The van der Waals surface area contributed by atoms with Gasteiger partial charge < -0.3 is 10.6 Å². The summed E-state index contributed by atoms with van der Waals surface area (Å²) in [6, 6.07) is 17.5. The summed E-state index contributed by atoms with van der Waals surface area (Å²) in [5, 5.41) is 7.78. The number of rotatable bonds is 2. The summed E-state index contributed by atoms with van der Waals surface area (Å²) >= 11 is 12.6. The highest BCUT2D eigenvalue weighted by atomic mass is 35.5. The van der Waals surface area contributed by atoms with Gasteiger partial charge in [0.15, 0.2) is 0 Å². The van der Waals surface area contributed by atoms with Crippen LogP contribution >= 0.6 is 23.2 Å². The highest BCUT2D eigenvalue weighted by Crippen LogP contribution is 2.57. The minimum Gasteiger partial charge on any atom is -0.325 e. The lowest BCUT2D eigenvalue weighted by molar-refractivity contribution is -0.123. The Labute approximate surface area is 190 Å². The van der Waals surface area contributed by atoms with Gasteiger partial charge in [-0.15, -0.1) is 0 Å². The quantitative estimate of drug-likeness (QED) is 0.487. The SMILES string of the molecule is Cc1ccc(F)cc1[C@H]1NCC[C@@H](c2cccc(Cl)c2)[C@]12C(=O)Nc1cc(Cl)ccc12. The first-order valence-electron chi connectivity index (χ1n) is 10.3. The minimum absolute atomic E-state index is 0.115. The summed E-state index contributed by atoms with van der Waals surface area (Å²) in [5.74, 6) is -0.588. The number of carbonyl (C=O) groups excluding carboxylic acids is 1. The van der Waals surface area contributed by atoms with Crippen molar-refractivity contribution in [2.75, 3.05) is 11.9 Å². The minimum atomic E-state index is -0.971. The Bertz CT molecular complexity index is 1200. The molecule has 5 rings (SSSR count). The normalized spacial score (nSPS) is 24.8. The zero-order valence-corrected chi connectivity index (χ0v) is 18.4. The molecule has 31 heavy (non-hydrogen) atoms. The fraction of sp³-hybridized carbons (Fsp3) is 0.240. The molecule has 3 atom stereocenters. The van der Waals surface area contributed by atoms with Gasteiger partial charge in [0, 0.05) is 21.7 Å². The van der Waals surface area contributed by atoms with Crippen molar-refractivity contribution in [3.8, 4) is 0 Å². The van der Waals surface area contributed by atoms with Crippen LogP contribution in [0.1, 0.15) is 40.6 Å². The average Bonchev–Trinajstić information content (AvgIpc) is 3.01. The van der Waals surface area contributed by atoms with Crippen molar-refractivity contribution in [3.05, 3.63) is 98.8 Å². The molecule has 2 aliphatic heterocycles. The maximum Gasteiger partial charge on any atom is 0.237 e. The molecule has 1 spiro atoms. The molecule has 0 aromatic heterocycles. The largest absolute Gasteiger partial charge is 0.325 e. The van der Waals surface area contributed by atoms with Gasteiger partial charge in [-0.1, -0.05) is 47.5 Å². The van der Waals surface area contributed by atoms with Gasteiger partial charge in [0.2, 0.25) is 5.91 Å². The smallest absolute Gasteiger partial charge is 0.237 e. The van der Waals surface area contributed by atoms with Gasteiger partial charge in [-0.25, -0.2) is 4.39 Å². The summed E-state index contributed by atoms with van der Waals surface area (Å²) < 4.78 is 14.3. The van der Waals surface area contributed by atoms with Crippen molar-refractivity contribution in [2.24, 2.45) is 0 Å². The zero-order chi connectivity index (χ0) is 21.8. The molecule has 2 heterocycles. The number of halogens is 3. The number of aryl methyl sites for hydroxylation is 1. The third-order valence-corrected chi connectivity index (χ3v) is 7.11. The summed E-state index contributed by atoms with van der Waals surface area (Å²) in [4.78, 5) is 13.8. The Balaban J connectivity index is 1.80. The van der Waals surface area contributed by atoms with Crippen molar-refractivity contribution < 1.29 is 9.18 Å². The second-order valence-electron chi connectivity index (χ2n) is 8.30. The van der Waals surface area contributed by atoms with Crippen molar-refractivity contribution in [3.63, 3.8) is 0 Å². The van der Waals surface area contributed by atoms with Crippen LogP contribution < -0.4 is 10.6 Å². The van der Waals surface area contributed by atoms with Crippen LogP contribution in [-0.4, -0.2) is 12.5 Å². The van der Waals surface area contributed by atoms with Gasteiger partial charge in [0.1, 0.15) is 11.2 Å². The third-order valence-electron chi connectivity index (χ3n) is 6.64. The van der Waals surface area contributed by atoms with E-state index in [0.717, 1.165) is 28.7 Å². The van der Waals surface area contributed by atoms with E-state index in [2.05, 4.69) is 10.6 Å². The van der Waals surface area contributed by atoms with E-state index in [1.54, 1.807) is 12.1 Å². The van der Waals surface area contributed by atoms with Gasteiger partial charge in [0.25, 0.3) is 0 Å². The summed E-state index contributed by atoms with van der Waals surface area (Å²) in [7, 11) is 0. The van der Waals surface area contributed by atoms with Crippen LogP contribution in [0.4, 0.5) is 10.1 Å². The van der Waals surface area contributed by atoms with E-state index >= 15 is 0 Å². The maximum absolute atomic E-state index is 14.3. The lowest BCUT2D eigenvalue weighted by atomic mass is 9.59. The van der Waals surface area contributed by atoms with Gasteiger partial charge in [-0.05, 0) is 78.5 Å². The van der Waals surface area contributed by atoms with Crippen molar-refractivity contribution in [1.29, 1.82) is 0 Å². The predicted molar refractivity (Wildman–Crippen MR) is 122 cm³/mol. The molecular weight excluding hydrogens is 434 g/mol. The number of nitrogens with one attached hydrogen (secondary N) is 2. The first-order chi connectivity index (χ1) is 14.9. The Morgan fingerprint density at radius 3 is 2.65 bits per heavy atom. The molecule has 0 aliphatic carbocycles. The number of carbonyl (C=O) groups is 1. The molecule has 3 aromatic carbocycles. The van der Waals surface area contributed by atoms with E-state index in [-0.39, 0.29) is 17.6 Å². The number of piperidine rings is 1. The van der Waals surface area contributed by atoms with Crippen LogP contribution in [0.2, 0.25) is 10.0 Å². The standard InChI is InChI=1S/C25H21Cl2FN2O/c1-14-5-7-18(28)13-19(14)23-25(21-8-6-17(27)12-22(21)30-24(25)31)20(9-10-29-23)15-3-2-4-16(26)11-15/h2-8,11-13,20,23,29H,9-10H2,1H3,(H,30,31)/t20-,23+,25+/m0/s1. The molecule has 3 aromatic rings. The molecule has 2 N–H and O–H groups in total. The van der Waals surface area contributed by atoms with Crippen LogP contribution in [0, 0.1) is 12.7 Å². The lowest BCUT2D eigenvalue weighted by Gasteiger charge is -2.47. The molecule has 1 saturated heterocycles. The highest BCUT2D eigenvalue weighted by Gasteiger charge is 2.59. The number of amides is 1. The van der Waals surface area contributed by atoms with E-state index < -0.39 is 11.5 Å². The van der Waals surface area contributed by atoms with E-state index in [0.29, 0.717) is 22.3 Å². The molecule has 0 unspecified atom stereocenters. The van der Waals surface area contributed by atoms with E-state index in [4.69, 9.17) is 23.2 Å². The number of fused-ring (bicyclic) bond motifs is 2. The van der Waals surface area contributed by atoms with Gasteiger partial charge in [-0.3, -0.25) is 4.79 Å². The number of anilines is 1. The van der Waals surface area contributed by atoms with Crippen molar-refractivity contribution in [2.45, 2.75) is 30.7 Å². The van der Waals surface area contributed by atoms with Gasteiger partial charge >= 0.3 is 0 Å². The fourth-order valence-electron chi connectivity index (χ4n) is 5.35. The molecule has 1 amide bonds. The van der Waals surface area contributed by atoms with Gasteiger partial charge in [-0.2, -0.15) is 0 Å². The number of benzene rings is 3. The fourth-order valence-corrected chi connectivity index (χ4v) is 5.72. The molecular formula is C25H21Cl2FN2O. The molecule has 0 bridgehead atoms. The van der Waals surface area contributed by atoms with Crippen LogP contribution in [0.25, 0.3) is 0 Å². The third kappa shape index (κ3) is 3.16. The second kappa shape index (κ2) is 7.63. The predicted octanol–water partition coefficient (Wildman–Crippen LogP) is 6.15. The molecule has 158 valence electrons. The highest BCUT2D eigenvalue weighted by molar-refractivity contribution is 6.31. The summed E-state index contributed by atoms with van der Waals surface area (Å²) in [5.41, 5.74) is 3.30. The number of hydrogen-bond donors (Lipinski definition) is 2. The Morgan fingerprint density at radius 2 is 1.84 bits per heavy atom. The molecule has 2 aliphatic rings. The molecule has 3 nitrogen and oxygen atoms in total. The van der Waals surface area contributed by atoms with Gasteiger partial charge in [0.05, 0.1) is 6.04 Å². The van der Waals surface area contributed by atoms with Crippen molar-refractivity contribution >= 4 is 34.8 Å². The summed E-state index contributed by atoms with van der Waals surface area (Å²) in [6.07, 6.45) is 0.737. The monoisotopic (exact) mass is 454 g/mol. The second-order valence-corrected chi connectivity index (χ2v) is 9.17. The number of hydrogen-bond acceptors (Lipinski definition) is 2. The van der Waals surface area contributed by atoms with Crippen LogP contribution in [0.3, 0.4) is 0 Å². The lowest BCUT2D eigenvalue weighted by Crippen LogP contribution is -2.55. The van der Waals surface area contributed by atoms with E-state index in [9.17, 15) is 9.18 Å². The van der Waals surface area contributed by atoms with Crippen LogP contribution in [0.5, 0.6) is 0 Å². The zero-order valence-electron chi connectivity index (χ0n) is 16.9. The summed E-state index contributed by atoms with van der Waals surface area (Å²) in [6.45, 7) is 2.64. The first-order valence-corrected chi connectivity index (χ1v) is 11.0. The van der Waals surface area contributed by atoms with Crippen molar-refractivity contribution in [1.82, 2.24) is 5.32 Å². The Hall–Kier alpha value is -2.40. The Morgan fingerprint density at radius 1 is 1.03 bits per heavy atom. The molecule has 6 heteroatoms. The molecule has 1 fully saturated rings. The topological polar surface area (TPSA) is 41.1 Å². The Kier molecular flexibility index (Phi) is 5.04. The first kappa shape index (κ1) is 20.5. The van der Waals surface area contributed by atoms with Crippen LogP contribution in [0.15, 0.2) is 60.7 Å². The van der Waals surface area contributed by atoms with Crippen LogP contribution in [-0.2, 0) is 10.2 Å². The molecule has 0 saturated carbocycles. The molecule has 0 radical (unpaired) electrons. The van der Waals surface area contributed by atoms with E-state index in [1.165, 1.54) is 12.1 Å². The van der Waals surface area contributed by atoms with E-state index in [1.807, 2.05) is 43.3 Å².